The third-order valence-electron chi connectivity index (χ3n) is 0.0772. The molecule has 0 aromatic carbocycles. The number of hydrogen-bond donors (Lipinski definition) is 1. The first-order valence-corrected chi connectivity index (χ1v) is 1.68. The van der Waals surface area contributed by atoms with Gasteiger partial charge in [-0.3, -0.25) is 0 Å². The molecule has 5 heavy (non-hydrogen) atoms. The van der Waals surface area contributed by atoms with Gasteiger partial charge in [-0.25, -0.2) is 0 Å². The van der Waals surface area contributed by atoms with Crippen LogP contribution in [0.2, 0.25) is 0 Å². The van der Waals surface area contributed by atoms with Gasteiger partial charge in [-0.05, 0) is 0 Å². The van der Waals surface area contributed by atoms with Crippen molar-refractivity contribution in [2.75, 3.05) is 0 Å². The lowest BCUT2D eigenvalue weighted by Crippen LogP contribution is -1.72. The van der Waals surface area contributed by atoms with Gasteiger partial charge in [0, 0.05) is 22.3 Å². The SMILES string of the molecule is Br.C=CNBr. The van der Waals surface area contributed by atoms with Crippen LogP contribution in [-0.4, -0.2) is 0 Å². The van der Waals surface area contributed by atoms with Crippen molar-refractivity contribution in [1.82, 2.24) is 4.34 Å². The summed E-state index contributed by atoms with van der Waals surface area (Å²) in [7, 11) is 0. The molecule has 1 N–H and O–H groups in total. The summed E-state index contributed by atoms with van der Waals surface area (Å²) >= 11 is 2.88. The van der Waals surface area contributed by atoms with E-state index in [2.05, 4.69) is 27.1 Å². The number of nitrogens with one attached hydrogen (secondary N) is 1. The molecule has 0 aliphatic heterocycles. The predicted molar refractivity (Wildman–Crippen MR) is 32.6 cm³/mol. The summed E-state index contributed by atoms with van der Waals surface area (Å²) in [6.45, 7) is 3.32. The van der Waals surface area contributed by atoms with E-state index in [-0.39, 0.29) is 17.0 Å². The Morgan fingerprint density at radius 3 is 2.00 bits per heavy atom. The topological polar surface area (TPSA) is 12.0 Å². The minimum absolute atomic E-state index is 0. The molecule has 0 aromatic rings. The van der Waals surface area contributed by atoms with Gasteiger partial charge in [0.25, 0.3) is 0 Å². The van der Waals surface area contributed by atoms with Gasteiger partial charge in [0.2, 0.25) is 0 Å². The number of halogens is 2. The average Bonchev–Trinajstić information content (AvgIpc) is 1.37. The summed E-state index contributed by atoms with van der Waals surface area (Å²) in [6.07, 6.45) is 1.54. The van der Waals surface area contributed by atoms with Gasteiger partial charge in [0.1, 0.15) is 0 Å². The van der Waals surface area contributed by atoms with Crippen molar-refractivity contribution >= 4 is 33.1 Å². The molecule has 0 bridgehead atoms. The molecule has 0 atom stereocenters. The van der Waals surface area contributed by atoms with Crippen LogP contribution in [0.4, 0.5) is 0 Å². The van der Waals surface area contributed by atoms with Gasteiger partial charge in [0.05, 0.1) is 0 Å². The van der Waals surface area contributed by atoms with Gasteiger partial charge in [-0.15, -0.1) is 17.0 Å². The molecule has 0 rings (SSSR count). The zero-order valence-corrected chi connectivity index (χ0v) is 5.87. The van der Waals surface area contributed by atoms with Gasteiger partial charge in [0.15, 0.2) is 0 Å². The molecular formula is C2H5Br2N. The van der Waals surface area contributed by atoms with E-state index < -0.39 is 0 Å². The van der Waals surface area contributed by atoms with Crippen LogP contribution >= 0.6 is 33.1 Å². The molecule has 0 amide bonds. The zero-order valence-electron chi connectivity index (χ0n) is 2.57. The van der Waals surface area contributed by atoms with E-state index in [4.69, 9.17) is 0 Å². The van der Waals surface area contributed by atoms with Crippen molar-refractivity contribution < 1.29 is 0 Å². The Labute approximate surface area is 50.6 Å². The fraction of sp³-hybridized carbons (Fsp3) is 0. The van der Waals surface area contributed by atoms with Crippen LogP contribution in [-0.2, 0) is 0 Å². The second-order valence-electron chi connectivity index (χ2n) is 0.313. The van der Waals surface area contributed by atoms with Crippen LogP contribution in [0.25, 0.3) is 0 Å². The second-order valence-corrected chi connectivity index (χ2v) is 0.771. The van der Waals surface area contributed by atoms with Crippen molar-refractivity contribution in [3.63, 3.8) is 0 Å². The first-order valence-electron chi connectivity index (χ1n) is 0.886. The Hall–Kier alpha value is 0.500. The summed E-state index contributed by atoms with van der Waals surface area (Å²) in [5.74, 6) is 0. The lowest BCUT2D eigenvalue weighted by molar-refractivity contribution is 1.48. The normalized spacial score (nSPS) is 4.20. The highest BCUT2D eigenvalue weighted by atomic mass is 79.9. The summed E-state index contributed by atoms with van der Waals surface area (Å²) in [6, 6.07) is 0. The molecule has 3 heteroatoms. The van der Waals surface area contributed by atoms with Crippen molar-refractivity contribution in [3.8, 4) is 0 Å². The lowest BCUT2D eigenvalue weighted by atomic mass is 11.1. The third kappa shape index (κ3) is 12.5. The Morgan fingerprint density at radius 1 is 1.80 bits per heavy atom. The van der Waals surface area contributed by atoms with Gasteiger partial charge in [-0.1, -0.05) is 6.58 Å². The van der Waals surface area contributed by atoms with Crippen molar-refractivity contribution in [2.24, 2.45) is 0 Å². The first kappa shape index (κ1) is 9.09. The molecule has 0 radical (unpaired) electrons. The van der Waals surface area contributed by atoms with Crippen LogP contribution in [0.5, 0.6) is 0 Å². The molecular weight excluding hydrogens is 198 g/mol. The van der Waals surface area contributed by atoms with Crippen LogP contribution in [0.1, 0.15) is 0 Å². The largest absolute Gasteiger partial charge is 0.330 e. The molecule has 0 saturated carbocycles. The highest BCUT2D eigenvalue weighted by Crippen LogP contribution is 1.58. The Balaban J connectivity index is 0. The zero-order chi connectivity index (χ0) is 3.41. The molecule has 0 aliphatic rings. The monoisotopic (exact) mass is 201 g/mol. The quantitative estimate of drug-likeness (QED) is 0.638. The molecule has 0 aromatic heterocycles. The summed E-state index contributed by atoms with van der Waals surface area (Å²) in [5.41, 5.74) is 0. The summed E-state index contributed by atoms with van der Waals surface area (Å²) < 4.78 is 2.51. The highest BCUT2D eigenvalue weighted by Gasteiger charge is 1.38. The van der Waals surface area contributed by atoms with E-state index in [1.807, 2.05) is 0 Å². The molecule has 0 aliphatic carbocycles. The van der Waals surface area contributed by atoms with Crippen molar-refractivity contribution in [2.45, 2.75) is 0 Å². The molecule has 0 spiro atoms. The molecule has 1 nitrogen and oxygen atoms in total. The molecule has 0 fully saturated rings. The molecule has 0 saturated heterocycles. The smallest absolute Gasteiger partial charge is 0.0460 e. The van der Waals surface area contributed by atoms with Gasteiger partial charge >= 0.3 is 0 Å². The maximum Gasteiger partial charge on any atom is 0.0460 e. The van der Waals surface area contributed by atoms with Crippen molar-refractivity contribution in [1.29, 1.82) is 0 Å². The fourth-order valence-electron chi connectivity index (χ4n) is 0. The third-order valence-corrected chi connectivity index (χ3v) is 0.401. The lowest BCUT2D eigenvalue weighted by Gasteiger charge is -1.66. The Kier molecular flexibility index (Phi) is 16.0. The van der Waals surface area contributed by atoms with Crippen LogP contribution in [0.15, 0.2) is 12.8 Å². The van der Waals surface area contributed by atoms with E-state index in [0.29, 0.717) is 0 Å². The molecule has 32 valence electrons. The predicted octanol–water partition coefficient (Wildman–Crippen LogP) is 1.61. The maximum atomic E-state index is 3.32. The van der Waals surface area contributed by atoms with E-state index >= 15 is 0 Å². The van der Waals surface area contributed by atoms with E-state index in [9.17, 15) is 0 Å². The molecule has 0 heterocycles. The van der Waals surface area contributed by atoms with E-state index in [1.165, 1.54) is 0 Å². The second kappa shape index (κ2) is 8.82. The van der Waals surface area contributed by atoms with Crippen molar-refractivity contribution in [3.05, 3.63) is 12.8 Å². The highest BCUT2D eigenvalue weighted by molar-refractivity contribution is 9.08. The Bertz CT molecular complexity index is 21.6. The Morgan fingerprint density at radius 2 is 2.00 bits per heavy atom. The van der Waals surface area contributed by atoms with Crippen LogP contribution in [0.3, 0.4) is 0 Å². The summed E-state index contributed by atoms with van der Waals surface area (Å²) in [5, 5.41) is 0. The standard InChI is InChI=1S/C2H4BrN.BrH/c1-2-4-3;/h2,4H,1H2;1H. The van der Waals surface area contributed by atoms with Gasteiger partial charge in [-0.2, -0.15) is 0 Å². The van der Waals surface area contributed by atoms with Crippen LogP contribution < -0.4 is 4.34 Å². The van der Waals surface area contributed by atoms with E-state index in [0.717, 1.165) is 0 Å². The fourth-order valence-corrected chi connectivity index (χ4v) is 0. The number of rotatable bonds is 1. The minimum Gasteiger partial charge on any atom is -0.330 e. The first-order chi connectivity index (χ1) is 1.91. The minimum atomic E-state index is 0. The van der Waals surface area contributed by atoms with Gasteiger partial charge < -0.3 is 4.34 Å². The van der Waals surface area contributed by atoms with E-state index in [1.54, 1.807) is 6.20 Å². The maximum absolute atomic E-state index is 3.32. The average molecular weight is 203 g/mol. The molecule has 0 unspecified atom stereocenters. The summed E-state index contributed by atoms with van der Waals surface area (Å²) in [4.78, 5) is 0. The van der Waals surface area contributed by atoms with Crippen LogP contribution in [0, 0.1) is 0 Å². The number of hydrogen-bond acceptors (Lipinski definition) is 1.